The van der Waals surface area contributed by atoms with E-state index in [1.54, 1.807) is 6.92 Å². The van der Waals surface area contributed by atoms with E-state index in [4.69, 9.17) is 5.11 Å². The average molecular weight is 265 g/mol. The van der Waals surface area contributed by atoms with Crippen LogP contribution >= 0.6 is 27.3 Å². The number of aliphatic hydroxyl groups excluding tert-OH is 1. The molecule has 0 amide bonds. The summed E-state index contributed by atoms with van der Waals surface area (Å²) in [7, 11) is 0. The molecule has 2 nitrogen and oxygen atoms in total. The molecule has 74 valence electrons. The van der Waals surface area contributed by atoms with Gasteiger partial charge in [0, 0.05) is 21.3 Å². The zero-order chi connectivity index (χ0) is 9.90. The van der Waals surface area contributed by atoms with Crippen LogP contribution in [-0.4, -0.2) is 16.8 Å². The van der Waals surface area contributed by atoms with Crippen molar-refractivity contribution in [2.75, 3.05) is 6.61 Å². The molecule has 0 radical (unpaired) electrons. The minimum Gasteiger partial charge on any atom is -0.396 e. The Bertz CT molecular complexity index is 270. The van der Waals surface area contributed by atoms with Crippen LogP contribution in [0, 0.1) is 0 Å². The number of halogens is 1. The van der Waals surface area contributed by atoms with Crippen molar-refractivity contribution in [3.05, 3.63) is 20.8 Å². The van der Waals surface area contributed by atoms with Gasteiger partial charge in [-0.05, 0) is 41.8 Å². The Morgan fingerprint density at radius 1 is 1.62 bits per heavy atom. The van der Waals surface area contributed by atoms with Crippen molar-refractivity contribution in [2.24, 2.45) is 0 Å². The van der Waals surface area contributed by atoms with Crippen LogP contribution in [0.25, 0.3) is 0 Å². The van der Waals surface area contributed by atoms with E-state index < -0.39 is 5.60 Å². The van der Waals surface area contributed by atoms with Crippen molar-refractivity contribution in [3.63, 3.8) is 0 Å². The second-order valence-corrected chi connectivity index (χ2v) is 5.06. The van der Waals surface area contributed by atoms with Crippen molar-refractivity contribution in [2.45, 2.75) is 25.4 Å². The first-order valence-corrected chi connectivity index (χ1v) is 5.81. The first-order chi connectivity index (χ1) is 6.06. The highest BCUT2D eigenvalue weighted by Crippen LogP contribution is 2.32. The summed E-state index contributed by atoms with van der Waals surface area (Å²) in [4.78, 5) is 0.938. The van der Waals surface area contributed by atoms with Crippen molar-refractivity contribution in [3.8, 4) is 0 Å². The summed E-state index contributed by atoms with van der Waals surface area (Å²) in [5.74, 6) is 0. The Morgan fingerprint density at radius 2 is 2.31 bits per heavy atom. The molecule has 1 aromatic rings. The van der Waals surface area contributed by atoms with Gasteiger partial charge < -0.3 is 10.2 Å². The van der Waals surface area contributed by atoms with E-state index in [9.17, 15) is 5.11 Å². The highest BCUT2D eigenvalue weighted by molar-refractivity contribution is 9.10. The summed E-state index contributed by atoms with van der Waals surface area (Å²) in [5, 5.41) is 20.6. The highest BCUT2D eigenvalue weighted by Gasteiger charge is 2.23. The lowest BCUT2D eigenvalue weighted by atomic mass is 9.99. The summed E-state index contributed by atoms with van der Waals surface area (Å²) >= 11 is 4.87. The molecule has 0 aliphatic carbocycles. The molecular formula is C9H13BrO2S. The smallest absolute Gasteiger partial charge is 0.0961 e. The fraction of sp³-hybridized carbons (Fsp3) is 0.556. The Labute approximate surface area is 90.4 Å². The average Bonchev–Trinajstić information content (AvgIpc) is 2.49. The second kappa shape index (κ2) is 4.55. The van der Waals surface area contributed by atoms with E-state index >= 15 is 0 Å². The van der Waals surface area contributed by atoms with Crippen LogP contribution in [0.1, 0.15) is 24.6 Å². The zero-order valence-electron chi connectivity index (χ0n) is 7.46. The standard InChI is InChI=1S/C9H13BrO2S/c1-9(12,3-2-4-11)8-5-7(10)6-13-8/h5-6,11-12H,2-4H2,1H3. The molecule has 0 aliphatic heterocycles. The maximum absolute atomic E-state index is 10.0. The maximum atomic E-state index is 10.0. The Kier molecular flexibility index (Phi) is 3.91. The molecule has 13 heavy (non-hydrogen) atoms. The number of hydrogen-bond acceptors (Lipinski definition) is 3. The minimum absolute atomic E-state index is 0.128. The van der Waals surface area contributed by atoms with Gasteiger partial charge in [-0.3, -0.25) is 0 Å². The molecule has 4 heteroatoms. The van der Waals surface area contributed by atoms with Crippen molar-refractivity contribution in [1.29, 1.82) is 0 Å². The Balaban J connectivity index is 2.68. The van der Waals surface area contributed by atoms with Gasteiger partial charge in [0.1, 0.15) is 0 Å². The number of hydrogen-bond donors (Lipinski definition) is 2. The van der Waals surface area contributed by atoms with Crippen molar-refractivity contribution < 1.29 is 10.2 Å². The summed E-state index contributed by atoms with van der Waals surface area (Å²) in [5.41, 5.74) is -0.806. The fourth-order valence-corrected chi connectivity index (χ4v) is 2.66. The van der Waals surface area contributed by atoms with Crippen LogP contribution in [-0.2, 0) is 5.60 Å². The third kappa shape index (κ3) is 3.06. The van der Waals surface area contributed by atoms with Crippen LogP contribution in [0.5, 0.6) is 0 Å². The van der Waals surface area contributed by atoms with Crippen LogP contribution in [0.15, 0.2) is 15.9 Å². The molecule has 1 aromatic heterocycles. The lowest BCUT2D eigenvalue weighted by Crippen LogP contribution is -2.19. The molecule has 1 rings (SSSR count). The molecule has 1 heterocycles. The van der Waals surface area contributed by atoms with Crippen LogP contribution in [0.2, 0.25) is 0 Å². The molecule has 0 spiro atoms. The normalized spacial score (nSPS) is 15.7. The second-order valence-electron chi connectivity index (χ2n) is 3.23. The van der Waals surface area contributed by atoms with Gasteiger partial charge in [-0.25, -0.2) is 0 Å². The van der Waals surface area contributed by atoms with Crippen molar-refractivity contribution in [1.82, 2.24) is 0 Å². The summed E-state index contributed by atoms with van der Waals surface area (Å²) in [6.45, 7) is 1.91. The molecule has 1 atom stereocenters. The van der Waals surface area contributed by atoms with E-state index in [1.807, 2.05) is 11.4 Å². The molecule has 0 saturated carbocycles. The van der Waals surface area contributed by atoms with Gasteiger partial charge in [-0.1, -0.05) is 0 Å². The van der Waals surface area contributed by atoms with Crippen molar-refractivity contribution >= 4 is 27.3 Å². The van der Waals surface area contributed by atoms with Gasteiger partial charge in [0.2, 0.25) is 0 Å². The molecule has 1 unspecified atom stereocenters. The van der Waals surface area contributed by atoms with Crippen LogP contribution < -0.4 is 0 Å². The topological polar surface area (TPSA) is 40.5 Å². The predicted octanol–water partition coefficient (Wildman–Crippen LogP) is 2.49. The maximum Gasteiger partial charge on any atom is 0.0961 e. The van der Waals surface area contributed by atoms with Gasteiger partial charge in [0.15, 0.2) is 0 Å². The van der Waals surface area contributed by atoms with Crippen LogP contribution in [0.4, 0.5) is 0 Å². The largest absolute Gasteiger partial charge is 0.396 e. The number of aliphatic hydroxyl groups is 2. The summed E-state index contributed by atoms with van der Waals surface area (Å²) in [6, 6.07) is 1.92. The summed E-state index contributed by atoms with van der Waals surface area (Å²) in [6.07, 6.45) is 1.22. The molecule has 0 aliphatic rings. The first kappa shape index (κ1) is 11.2. The highest BCUT2D eigenvalue weighted by atomic mass is 79.9. The first-order valence-electron chi connectivity index (χ1n) is 4.14. The quantitative estimate of drug-likeness (QED) is 0.878. The third-order valence-electron chi connectivity index (χ3n) is 1.92. The summed E-state index contributed by atoms with van der Waals surface area (Å²) < 4.78 is 0.997. The molecule has 0 fully saturated rings. The van der Waals surface area contributed by atoms with E-state index in [2.05, 4.69) is 15.9 Å². The number of rotatable bonds is 4. The van der Waals surface area contributed by atoms with E-state index in [0.717, 1.165) is 9.35 Å². The van der Waals surface area contributed by atoms with Gasteiger partial charge in [0.25, 0.3) is 0 Å². The molecule has 2 N–H and O–H groups in total. The van der Waals surface area contributed by atoms with Crippen LogP contribution in [0.3, 0.4) is 0 Å². The van der Waals surface area contributed by atoms with E-state index in [0.29, 0.717) is 12.8 Å². The molecule has 0 aromatic carbocycles. The lowest BCUT2D eigenvalue weighted by molar-refractivity contribution is 0.0439. The molecule has 0 bridgehead atoms. The van der Waals surface area contributed by atoms with E-state index in [1.165, 1.54) is 11.3 Å². The third-order valence-corrected chi connectivity index (χ3v) is 3.86. The monoisotopic (exact) mass is 264 g/mol. The van der Waals surface area contributed by atoms with Gasteiger partial charge in [-0.2, -0.15) is 0 Å². The van der Waals surface area contributed by atoms with Gasteiger partial charge >= 0.3 is 0 Å². The SMILES string of the molecule is CC(O)(CCCO)c1cc(Br)cs1. The predicted molar refractivity (Wildman–Crippen MR) is 57.9 cm³/mol. The van der Waals surface area contributed by atoms with Gasteiger partial charge in [-0.15, -0.1) is 11.3 Å². The number of thiophene rings is 1. The molecule has 0 saturated heterocycles. The molecular weight excluding hydrogens is 252 g/mol. The fourth-order valence-electron chi connectivity index (χ4n) is 1.14. The lowest BCUT2D eigenvalue weighted by Gasteiger charge is -2.20. The van der Waals surface area contributed by atoms with Gasteiger partial charge in [0.05, 0.1) is 5.60 Å². The Hall–Kier alpha value is 0.1000. The zero-order valence-corrected chi connectivity index (χ0v) is 9.86. The Morgan fingerprint density at radius 3 is 2.77 bits per heavy atom. The van der Waals surface area contributed by atoms with E-state index in [-0.39, 0.29) is 6.61 Å². The minimum atomic E-state index is -0.806.